The van der Waals surface area contributed by atoms with Crippen LogP contribution in [0, 0.1) is 34.6 Å². The molecule has 0 bridgehead atoms. The number of likely N-dealkylation sites (N-methyl/N-ethyl adjacent to an activating group) is 3. The Morgan fingerprint density at radius 1 is 0.474 bits per heavy atom. The Bertz CT molecular complexity index is 5840. The van der Waals surface area contributed by atoms with Gasteiger partial charge in [0.2, 0.25) is 11.8 Å². The molecule has 9 aliphatic rings. The predicted octanol–water partition coefficient (Wildman–Crippen LogP) is 12.5. The lowest BCUT2D eigenvalue weighted by molar-refractivity contribution is -0.137. The SMILES string of the molecule is C.C.C=C(F)C(=O)N1CCN(c2nc(OC[C@@H]3CC(C)(F)CN3C)nc3c2CCN(c2c(C)c(C)cc4[nH]ncc24)C3)CC1.COC/C=C/C(=O)N1CCN(c2nc(OC[C@@H]3CC(C)(F)CN3C)nc3c2CCN(c2c(C(F)(F)F)c(C)cc4[nH]ncc24)C3)CC1.Cc1cc2[nH]ncc2c(N2CCc3c(nc(OC[C@@H]4CC(C)(F)CN4C)nc3N3CCN(C(=O)/C=C/CF)CC3)C2)c1C.S.S.S. The molecule has 6 saturated heterocycles. The van der Waals surface area contributed by atoms with Crippen LogP contribution in [0.1, 0.15) is 122 Å². The second-order valence-corrected chi connectivity index (χ2v) is 37.2. The predicted molar refractivity (Wildman–Crippen MR) is 533 cm³/mol. The smallest absolute Gasteiger partial charge is 0.418 e. The fourth-order valence-corrected chi connectivity index (χ4v) is 20.4. The summed E-state index contributed by atoms with van der Waals surface area (Å²) < 4.78 is 137. The Morgan fingerprint density at radius 2 is 0.796 bits per heavy atom. The number of alkyl halides is 7. The number of allylic oxidation sites excluding steroid dienone is 1. The van der Waals surface area contributed by atoms with Crippen LogP contribution >= 0.6 is 40.5 Å². The number of aromatic amines is 3. The highest BCUT2D eigenvalue weighted by Crippen LogP contribution is 2.47. The van der Waals surface area contributed by atoms with E-state index in [1.165, 1.54) is 64.6 Å². The van der Waals surface area contributed by atoms with Crippen LogP contribution in [0.25, 0.3) is 32.7 Å². The van der Waals surface area contributed by atoms with Crippen LogP contribution in [0.15, 0.2) is 73.5 Å². The molecular weight excluding hydrogens is 1840 g/mol. The molecule has 0 radical (unpaired) electrons. The third kappa shape index (κ3) is 23.6. The fourth-order valence-electron chi connectivity index (χ4n) is 20.4. The summed E-state index contributed by atoms with van der Waals surface area (Å²) in [6.45, 7) is 28.4. The fraction of sp³-hybridized carbons (Fsp3) is 0.558. The minimum atomic E-state index is -4.58. The van der Waals surface area contributed by atoms with E-state index < -0.39 is 47.2 Å². The molecule has 3 unspecified atom stereocenters. The minimum Gasteiger partial charge on any atom is -0.462 e. The number of aryl methyl sites for hydroxylation is 3. The molecule has 31 nitrogen and oxygen atoms in total. The Labute approximate surface area is 816 Å². The van der Waals surface area contributed by atoms with Crippen molar-refractivity contribution >= 4 is 125 Å². The van der Waals surface area contributed by atoms with Gasteiger partial charge < -0.3 is 63.0 Å². The molecule has 42 heteroatoms. The van der Waals surface area contributed by atoms with E-state index in [9.17, 15) is 49.5 Å². The molecule has 18 rings (SSSR count). The number of H-pyrrole nitrogens is 3. The van der Waals surface area contributed by atoms with E-state index in [1.54, 1.807) is 48.7 Å². The number of carbonyl (C=O) groups excluding carboxylic acids is 3. The highest BCUT2D eigenvalue weighted by Gasteiger charge is 2.45. The molecule has 6 fully saturated rings. The summed E-state index contributed by atoms with van der Waals surface area (Å²) in [5, 5.41) is 24.2. The monoisotopic (exact) mass is 1970 g/mol. The van der Waals surface area contributed by atoms with Gasteiger partial charge in [0.05, 0.1) is 101 Å². The van der Waals surface area contributed by atoms with Gasteiger partial charge in [-0.15, -0.1) is 0 Å². The number of likely N-dealkylation sites (tertiary alicyclic amines) is 3. The van der Waals surface area contributed by atoms with Gasteiger partial charge in [0, 0.05) is 207 Å². The van der Waals surface area contributed by atoms with E-state index in [2.05, 4.69) is 101 Å². The van der Waals surface area contributed by atoms with Crippen LogP contribution in [-0.2, 0) is 64.2 Å². The van der Waals surface area contributed by atoms with Crippen molar-refractivity contribution in [3.8, 4) is 18.0 Å². The van der Waals surface area contributed by atoms with Crippen molar-refractivity contribution in [3.63, 3.8) is 0 Å². The number of amides is 3. The molecular formula is C95H132F8N24O7S3. The molecule has 748 valence electrons. The number of carbonyl (C=O) groups is 3. The highest BCUT2D eigenvalue weighted by atomic mass is 32.1. The van der Waals surface area contributed by atoms with Gasteiger partial charge in [0.1, 0.15) is 61.0 Å². The first-order chi connectivity index (χ1) is 63.0. The molecule has 3 aromatic carbocycles. The number of anilines is 6. The lowest BCUT2D eigenvalue weighted by atomic mass is 9.98. The number of nitrogens with zero attached hydrogens (tertiary/aromatic N) is 21. The Morgan fingerprint density at radius 3 is 1.11 bits per heavy atom. The molecule has 6 aromatic heterocycles. The molecule has 0 aliphatic carbocycles. The summed E-state index contributed by atoms with van der Waals surface area (Å²) in [7, 11) is 7.23. The van der Waals surface area contributed by atoms with Crippen LogP contribution < -0.4 is 43.6 Å². The van der Waals surface area contributed by atoms with Crippen LogP contribution in [0.2, 0.25) is 0 Å². The number of hydrogen-bond donors (Lipinski definition) is 3. The number of fused-ring (bicyclic) bond motifs is 6. The second-order valence-electron chi connectivity index (χ2n) is 37.2. The van der Waals surface area contributed by atoms with Crippen LogP contribution in [0.4, 0.5) is 69.6 Å². The molecule has 0 saturated carbocycles. The van der Waals surface area contributed by atoms with Crippen molar-refractivity contribution in [2.24, 2.45) is 0 Å². The van der Waals surface area contributed by atoms with Gasteiger partial charge in [-0.1, -0.05) is 27.5 Å². The number of halogens is 8. The molecule has 15 heterocycles. The van der Waals surface area contributed by atoms with Gasteiger partial charge in [-0.05, 0) is 148 Å². The normalized spacial score (nSPS) is 22.0. The maximum absolute atomic E-state index is 14.7. The number of benzene rings is 3. The summed E-state index contributed by atoms with van der Waals surface area (Å²) in [4.78, 5) is 90.0. The maximum atomic E-state index is 14.7. The number of nitrogens with one attached hydrogen (secondary N) is 3. The van der Waals surface area contributed by atoms with Crippen molar-refractivity contribution in [2.75, 3.05) is 209 Å². The molecule has 6 atom stereocenters. The van der Waals surface area contributed by atoms with Crippen molar-refractivity contribution in [1.29, 1.82) is 0 Å². The largest absolute Gasteiger partial charge is 0.462 e. The maximum Gasteiger partial charge on any atom is 0.418 e. The van der Waals surface area contributed by atoms with Crippen molar-refractivity contribution in [2.45, 2.75) is 170 Å². The average Bonchev–Trinajstić information content (AvgIpc) is 1.74. The summed E-state index contributed by atoms with van der Waals surface area (Å²) >= 11 is 0. The van der Waals surface area contributed by atoms with Crippen molar-refractivity contribution in [1.82, 2.24) is 89.9 Å². The number of ether oxygens (including phenoxy) is 4. The first-order valence-electron chi connectivity index (χ1n) is 45.2. The van der Waals surface area contributed by atoms with E-state index in [0.29, 0.717) is 173 Å². The molecule has 137 heavy (non-hydrogen) atoms. The molecule has 9 aromatic rings. The molecule has 9 aliphatic heterocycles. The van der Waals surface area contributed by atoms with Gasteiger partial charge in [-0.25, -0.2) is 22.0 Å². The first kappa shape index (κ1) is 107. The third-order valence-electron chi connectivity index (χ3n) is 27.2. The number of aromatic nitrogens is 12. The van der Waals surface area contributed by atoms with Gasteiger partial charge in [0.25, 0.3) is 5.91 Å². The van der Waals surface area contributed by atoms with E-state index in [1.807, 2.05) is 48.2 Å². The minimum absolute atomic E-state index is 0. The standard InChI is InChI=1S/C32H40F4N8O3.C31H40F2N8O2.C30H38F2N8O2.2CH4.3H2S/c1-20-14-24-23(16-37-40-24)28(27(20)32(34,35)36)44-8-7-22-25(17-44)38-30(47-18-21-15-31(2,33)19-41(21)3)39-29(22)43-11-9-42(10-12-43)26(45)6-5-13-46-4;1-20-14-25-24(16-34-37-25)28(21(20)2)41-9-7-23-26(17-41)35-30(43-18-22-15-31(3,33)19-38(22)4)36-29(23)40-12-10-39(11-13-40)27(42)6-5-8-32;1-18-12-24-23(14-33-36-24)26(19(18)2)40-7-6-22-25(15-40)34-29(42-16-21-13-30(4,32)17-37(21)5)35-27(22)38-8-10-39(11-9-38)28(41)20(3)31;;;;;/h5-6,14,16,21H,7-13,15,17-19H2,1-4H3,(H,37,40);5-6,14,16,22H,7-13,15,17-19H2,1-4H3,(H,34,37);12,14,21H,3,6-11,13,15-17H2,1-2,4-5H3,(H,33,36);2*1H4;3*1H2/b2*6-5+;;;;;;/t21-,31?;22-,31?;21-,30?;;;;;/m000...../s1. The topological polar surface area (TPSA) is 290 Å². The lowest BCUT2D eigenvalue weighted by Crippen LogP contribution is -2.49. The van der Waals surface area contributed by atoms with E-state index >= 15 is 0 Å². The zero-order chi connectivity index (χ0) is 93.6. The van der Waals surface area contributed by atoms with Crippen molar-refractivity contribution < 1.29 is 68.5 Å². The Kier molecular flexibility index (Phi) is 34.6. The lowest BCUT2D eigenvalue weighted by Gasteiger charge is -2.38. The molecule has 3 amide bonds. The molecule has 0 spiro atoms. The van der Waals surface area contributed by atoms with Gasteiger partial charge in [-0.3, -0.25) is 44.4 Å². The van der Waals surface area contributed by atoms with Crippen LogP contribution in [-0.4, -0.2) is 322 Å². The van der Waals surface area contributed by atoms with Crippen LogP contribution in [0.5, 0.6) is 18.0 Å². The highest BCUT2D eigenvalue weighted by molar-refractivity contribution is 7.59. The number of methoxy groups -OCH3 is 1. The van der Waals surface area contributed by atoms with Gasteiger partial charge >= 0.3 is 24.2 Å². The van der Waals surface area contributed by atoms with E-state index in [4.69, 9.17) is 48.9 Å². The van der Waals surface area contributed by atoms with E-state index in [-0.39, 0.29) is 141 Å². The van der Waals surface area contributed by atoms with E-state index in [0.717, 1.165) is 98.8 Å². The quantitative estimate of drug-likeness (QED) is 0.0445. The van der Waals surface area contributed by atoms with Crippen molar-refractivity contribution in [3.05, 3.63) is 141 Å². The summed E-state index contributed by atoms with van der Waals surface area (Å²) in [6, 6.07) is 6.04. The van der Waals surface area contributed by atoms with Crippen LogP contribution in [0.3, 0.4) is 0 Å². The average molecular weight is 1970 g/mol. The zero-order valence-electron chi connectivity index (χ0n) is 78.6. The number of rotatable bonds is 21. The summed E-state index contributed by atoms with van der Waals surface area (Å²) in [5.74, 6) is 0.366. The Hall–Kier alpha value is -10.5. The second kappa shape index (κ2) is 44.3. The Balaban J connectivity index is 0.000000194. The van der Waals surface area contributed by atoms with Gasteiger partial charge in [0.15, 0.2) is 5.83 Å². The number of hydrogen-bond acceptors (Lipinski definition) is 25. The summed E-state index contributed by atoms with van der Waals surface area (Å²) in [5.41, 5.74) is 10.6. The first-order valence-corrected chi connectivity index (χ1v) is 45.2. The zero-order valence-corrected chi connectivity index (χ0v) is 81.6. The third-order valence-corrected chi connectivity index (χ3v) is 27.2. The van der Waals surface area contributed by atoms with Gasteiger partial charge in [-0.2, -0.15) is 98.9 Å². The summed E-state index contributed by atoms with van der Waals surface area (Å²) in [6.07, 6.45) is 9.29. The number of piperazine rings is 3. The molecule has 3 N–H and O–H groups in total.